The molecule has 0 atom stereocenters. The fourth-order valence-corrected chi connectivity index (χ4v) is 3.99. The predicted octanol–water partition coefficient (Wildman–Crippen LogP) is 1.22. The summed E-state index contributed by atoms with van der Waals surface area (Å²) in [7, 11) is -1.82. The number of hydrogen-bond donors (Lipinski definition) is 2. The van der Waals surface area contributed by atoms with Crippen LogP contribution in [0.5, 0.6) is 0 Å². The molecular weight excluding hydrogens is 296 g/mol. The van der Waals surface area contributed by atoms with Gasteiger partial charge >= 0.3 is 0 Å². The summed E-state index contributed by atoms with van der Waals surface area (Å²) in [4.78, 5) is 0. The van der Waals surface area contributed by atoms with E-state index in [-0.39, 0.29) is 4.21 Å². The van der Waals surface area contributed by atoms with Gasteiger partial charge in [0.15, 0.2) is 0 Å². The third-order valence-corrected chi connectivity index (χ3v) is 5.67. The third-order valence-electron chi connectivity index (χ3n) is 2.18. The molecule has 0 saturated carbocycles. The Morgan fingerprint density at radius 2 is 2.11 bits per heavy atom. The van der Waals surface area contributed by atoms with Gasteiger partial charge in [0.25, 0.3) is 0 Å². The van der Waals surface area contributed by atoms with Crippen molar-refractivity contribution in [3.05, 3.63) is 16.0 Å². The average Bonchev–Trinajstić information content (AvgIpc) is 2.65. The fourth-order valence-electron chi connectivity index (χ4n) is 1.21. The number of methoxy groups -OCH3 is 1. The molecular formula is C10H17ClN2O3S2. The van der Waals surface area contributed by atoms with Crippen molar-refractivity contribution in [3.63, 3.8) is 0 Å². The van der Waals surface area contributed by atoms with Crippen molar-refractivity contribution in [2.24, 2.45) is 0 Å². The molecule has 0 aliphatic heterocycles. The van der Waals surface area contributed by atoms with Gasteiger partial charge in [0, 0.05) is 26.7 Å². The molecule has 2 N–H and O–H groups in total. The first-order valence-corrected chi connectivity index (χ1v) is 8.10. The quantitative estimate of drug-likeness (QED) is 0.708. The molecule has 8 heteroatoms. The molecule has 0 bridgehead atoms. The maximum absolute atomic E-state index is 11.9. The van der Waals surface area contributed by atoms with E-state index in [9.17, 15) is 8.42 Å². The number of ether oxygens (including phenoxy) is 1. The van der Waals surface area contributed by atoms with Crippen LogP contribution in [0, 0.1) is 6.92 Å². The van der Waals surface area contributed by atoms with Gasteiger partial charge in [0.1, 0.15) is 4.21 Å². The Labute approximate surface area is 117 Å². The van der Waals surface area contributed by atoms with Gasteiger partial charge < -0.3 is 10.1 Å². The van der Waals surface area contributed by atoms with E-state index in [1.165, 1.54) is 0 Å². The van der Waals surface area contributed by atoms with E-state index in [4.69, 9.17) is 16.3 Å². The molecule has 0 fully saturated rings. The van der Waals surface area contributed by atoms with E-state index in [1.807, 2.05) is 0 Å². The Kier molecular flexibility index (Phi) is 6.54. The average molecular weight is 313 g/mol. The molecule has 0 aliphatic rings. The lowest BCUT2D eigenvalue weighted by molar-refractivity contribution is 0.199. The summed E-state index contributed by atoms with van der Waals surface area (Å²) in [5, 5.41) is 3.05. The van der Waals surface area contributed by atoms with Crippen LogP contribution >= 0.6 is 22.9 Å². The fraction of sp³-hybridized carbons (Fsp3) is 0.600. The first kappa shape index (κ1) is 15.9. The van der Waals surface area contributed by atoms with Crippen molar-refractivity contribution >= 4 is 33.0 Å². The summed E-state index contributed by atoms with van der Waals surface area (Å²) < 4.78 is 31.9. The van der Waals surface area contributed by atoms with Crippen molar-refractivity contribution in [1.29, 1.82) is 0 Å². The topological polar surface area (TPSA) is 67.4 Å². The van der Waals surface area contributed by atoms with Crippen molar-refractivity contribution in [2.75, 3.05) is 33.4 Å². The van der Waals surface area contributed by atoms with Gasteiger partial charge in [-0.1, -0.05) is 11.6 Å². The van der Waals surface area contributed by atoms with Crippen LogP contribution in [-0.2, 0) is 14.8 Å². The van der Waals surface area contributed by atoms with Gasteiger partial charge in [-0.05, 0) is 18.6 Å². The number of sulfonamides is 1. The summed E-state index contributed by atoms with van der Waals surface area (Å²) in [5.41, 5.74) is 0.778. The molecule has 0 amide bonds. The summed E-state index contributed by atoms with van der Waals surface area (Å²) >= 11 is 6.92. The molecule has 1 heterocycles. The second-order valence-corrected chi connectivity index (χ2v) is 7.31. The Bertz CT molecular complexity index is 454. The van der Waals surface area contributed by atoms with Crippen LogP contribution in [0.25, 0.3) is 0 Å². The molecule has 18 heavy (non-hydrogen) atoms. The minimum Gasteiger partial charge on any atom is -0.383 e. The van der Waals surface area contributed by atoms with E-state index in [1.54, 1.807) is 20.1 Å². The monoisotopic (exact) mass is 312 g/mol. The summed E-state index contributed by atoms with van der Waals surface area (Å²) in [6.07, 6.45) is 0. The molecule has 0 aromatic carbocycles. The molecule has 0 unspecified atom stereocenters. The summed E-state index contributed by atoms with van der Waals surface area (Å²) in [6, 6.07) is 1.58. The SMILES string of the molecule is COCCNCCNS(=O)(=O)c1cc(C)c(Cl)s1. The summed E-state index contributed by atoms with van der Waals surface area (Å²) in [6.45, 7) is 3.97. The zero-order valence-electron chi connectivity index (χ0n) is 10.3. The zero-order valence-corrected chi connectivity index (χ0v) is 12.7. The number of hydrogen-bond acceptors (Lipinski definition) is 5. The molecule has 0 aliphatic carbocycles. The van der Waals surface area contributed by atoms with Crippen LogP contribution in [0.1, 0.15) is 5.56 Å². The number of aryl methyl sites for hydroxylation is 1. The zero-order chi connectivity index (χ0) is 13.6. The normalized spacial score (nSPS) is 11.9. The van der Waals surface area contributed by atoms with Crippen LogP contribution < -0.4 is 10.0 Å². The van der Waals surface area contributed by atoms with Crippen molar-refractivity contribution in [2.45, 2.75) is 11.1 Å². The molecule has 0 saturated heterocycles. The van der Waals surface area contributed by atoms with Crippen LogP contribution in [-0.4, -0.2) is 41.8 Å². The van der Waals surface area contributed by atoms with Crippen molar-refractivity contribution in [1.82, 2.24) is 10.0 Å². The lowest BCUT2D eigenvalue weighted by atomic mass is 10.4. The molecule has 0 spiro atoms. The third kappa shape index (κ3) is 4.83. The van der Waals surface area contributed by atoms with Gasteiger partial charge in [0.2, 0.25) is 10.0 Å². The van der Waals surface area contributed by atoms with E-state index in [2.05, 4.69) is 10.0 Å². The highest BCUT2D eigenvalue weighted by Gasteiger charge is 2.17. The van der Waals surface area contributed by atoms with Gasteiger partial charge in [-0.2, -0.15) is 0 Å². The van der Waals surface area contributed by atoms with Gasteiger partial charge in [-0.3, -0.25) is 0 Å². The molecule has 104 valence electrons. The van der Waals surface area contributed by atoms with E-state index in [0.717, 1.165) is 16.9 Å². The lowest BCUT2D eigenvalue weighted by Gasteiger charge is -2.05. The lowest BCUT2D eigenvalue weighted by Crippen LogP contribution is -2.32. The maximum Gasteiger partial charge on any atom is 0.250 e. The highest BCUT2D eigenvalue weighted by atomic mass is 35.5. The number of thiophene rings is 1. The molecule has 1 rings (SSSR count). The van der Waals surface area contributed by atoms with Gasteiger partial charge in [-0.25, -0.2) is 13.1 Å². The standard InChI is InChI=1S/C10H17ClN2O3S2/c1-8-7-9(17-10(8)11)18(14,15)13-4-3-12-5-6-16-2/h7,12-13H,3-6H2,1-2H3. The Morgan fingerprint density at radius 3 is 2.67 bits per heavy atom. The molecule has 1 aromatic heterocycles. The largest absolute Gasteiger partial charge is 0.383 e. The Balaban J connectivity index is 2.41. The van der Waals surface area contributed by atoms with Gasteiger partial charge in [-0.15, -0.1) is 11.3 Å². The highest BCUT2D eigenvalue weighted by molar-refractivity contribution is 7.91. The van der Waals surface area contributed by atoms with Crippen LogP contribution in [0.4, 0.5) is 0 Å². The highest BCUT2D eigenvalue weighted by Crippen LogP contribution is 2.29. The van der Waals surface area contributed by atoms with Crippen LogP contribution in [0.2, 0.25) is 4.34 Å². The molecule has 5 nitrogen and oxygen atoms in total. The first-order valence-electron chi connectivity index (χ1n) is 5.42. The van der Waals surface area contributed by atoms with E-state index >= 15 is 0 Å². The molecule has 1 aromatic rings. The smallest absolute Gasteiger partial charge is 0.250 e. The van der Waals surface area contributed by atoms with Crippen LogP contribution in [0.3, 0.4) is 0 Å². The Morgan fingerprint density at radius 1 is 1.39 bits per heavy atom. The Hall–Kier alpha value is -0.180. The van der Waals surface area contributed by atoms with E-state index in [0.29, 0.717) is 30.6 Å². The minimum absolute atomic E-state index is 0.252. The first-order chi connectivity index (χ1) is 8.47. The minimum atomic E-state index is -3.44. The molecule has 0 radical (unpaired) electrons. The number of rotatable bonds is 8. The van der Waals surface area contributed by atoms with Crippen molar-refractivity contribution < 1.29 is 13.2 Å². The number of halogens is 1. The second kappa shape index (κ2) is 7.42. The number of nitrogens with one attached hydrogen (secondary N) is 2. The maximum atomic E-state index is 11.9. The van der Waals surface area contributed by atoms with Gasteiger partial charge in [0.05, 0.1) is 10.9 Å². The van der Waals surface area contributed by atoms with E-state index < -0.39 is 10.0 Å². The van der Waals surface area contributed by atoms with Crippen LogP contribution in [0.15, 0.2) is 10.3 Å². The predicted molar refractivity (Wildman–Crippen MR) is 74.0 cm³/mol. The summed E-state index contributed by atoms with van der Waals surface area (Å²) in [5.74, 6) is 0. The van der Waals surface area contributed by atoms with Crippen molar-refractivity contribution in [3.8, 4) is 0 Å². The second-order valence-electron chi connectivity index (χ2n) is 3.66.